The number of benzene rings is 2. The number of aromatic nitrogens is 3. The molecule has 0 unspecified atom stereocenters. The van der Waals surface area contributed by atoms with Crippen molar-refractivity contribution in [1.29, 1.82) is 0 Å². The van der Waals surface area contributed by atoms with Gasteiger partial charge >= 0.3 is 12.1 Å². The third kappa shape index (κ3) is 5.54. The summed E-state index contributed by atoms with van der Waals surface area (Å²) < 4.78 is 34.1. The summed E-state index contributed by atoms with van der Waals surface area (Å²) in [5.74, 6) is -0.513. The summed E-state index contributed by atoms with van der Waals surface area (Å²) in [4.78, 5) is 18.5. The predicted molar refractivity (Wildman–Crippen MR) is 129 cm³/mol. The van der Waals surface area contributed by atoms with Gasteiger partial charge in [0.15, 0.2) is 5.82 Å². The van der Waals surface area contributed by atoms with Gasteiger partial charge in [0.1, 0.15) is 11.3 Å². The molecule has 0 saturated carbocycles. The maximum atomic E-state index is 10.6. The number of nitrogens with two attached hydrogens (primary N) is 1. The number of halogens is 3. The minimum absolute atomic E-state index is 0.506. The van der Waals surface area contributed by atoms with Crippen LogP contribution in [0.4, 0.5) is 19.0 Å². The zero-order chi connectivity index (χ0) is 25.0. The SMILES string of the molecule is Nc1nc2ccccc2c2c1nc(-c1ccccc1)n2CCC1CCNCC1.O=C(O)C(F)(F)F. The standard InChI is InChI=1S/C23H25N5.C2HF3O2/c24-22-20-21(18-8-4-5-9-19(18)26-22)28(15-12-16-10-13-25-14-11-16)23(27-20)17-6-2-1-3-7-17;3-2(4,5)1(6)7/h1-9,16,25H,10-15H2,(H2,24,26);(H,6,7). The minimum Gasteiger partial charge on any atom is -0.475 e. The van der Waals surface area contributed by atoms with Gasteiger partial charge in [-0.15, -0.1) is 0 Å². The van der Waals surface area contributed by atoms with E-state index >= 15 is 0 Å². The van der Waals surface area contributed by atoms with Gasteiger partial charge in [0.05, 0.1) is 11.0 Å². The Morgan fingerprint density at radius 2 is 1.69 bits per heavy atom. The molecule has 0 aliphatic carbocycles. The van der Waals surface area contributed by atoms with Crippen LogP contribution in [0.3, 0.4) is 0 Å². The average molecular weight is 486 g/mol. The molecule has 0 spiro atoms. The van der Waals surface area contributed by atoms with Crippen molar-refractivity contribution in [3.05, 3.63) is 54.6 Å². The summed E-state index contributed by atoms with van der Waals surface area (Å²) in [6.45, 7) is 3.19. The lowest BCUT2D eigenvalue weighted by atomic mass is 9.94. The zero-order valence-electron chi connectivity index (χ0n) is 18.9. The number of carbonyl (C=O) groups is 1. The topological polar surface area (TPSA) is 106 Å². The molecule has 7 nitrogen and oxygen atoms in total. The first-order valence-electron chi connectivity index (χ1n) is 11.4. The molecule has 2 aromatic carbocycles. The second-order valence-corrected chi connectivity index (χ2v) is 8.45. The number of imidazole rings is 1. The van der Waals surface area contributed by atoms with Crippen LogP contribution in [-0.4, -0.2) is 44.9 Å². The van der Waals surface area contributed by atoms with Crippen LogP contribution < -0.4 is 11.1 Å². The first-order valence-corrected chi connectivity index (χ1v) is 11.4. The third-order valence-corrected chi connectivity index (χ3v) is 6.10. The zero-order valence-corrected chi connectivity index (χ0v) is 18.9. The van der Waals surface area contributed by atoms with Gasteiger partial charge in [-0.3, -0.25) is 0 Å². The monoisotopic (exact) mass is 485 g/mol. The molecule has 2 aromatic heterocycles. The smallest absolute Gasteiger partial charge is 0.475 e. The highest BCUT2D eigenvalue weighted by Gasteiger charge is 2.38. The number of fused-ring (bicyclic) bond motifs is 3. The van der Waals surface area contributed by atoms with Gasteiger partial charge < -0.3 is 20.7 Å². The normalized spacial score (nSPS) is 14.6. The predicted octanol–water partition coefficient (Wildman–Crippen LogP) is 4.86. The van der Waals surface area contributed by atoms with Gasteiger partial charge in [-0.25, -0.2) is 14.8 Å². The summed E-state index contributed by atoms with van der Waals surface area (Å²) in [6.07, 6.45) is -1.43. The highest BCUT2D eigenvalue weighted by Crippen LogP contribution is 2.33. The molecule has 0 amide bonds. The number of rotatable bonds is 4. The Morgan fingerprint density at radius 3 is 2.34 bits per heavy atom. The van der Waals surface area contributed by atoms with E-state index in [1.807, 2.05) is 18.2 Å². The van der Waals surface area contributed by atoms with Crippen LogP contribution in [0.5, 0.6) is 0 Å². The summed E-state index contributed by atoms with van der Waals surface area (Å²) in [7, 11) is 0. The van der Waals surface area contributed by atoms with Crippen LogP contribution in [0.1, 0.15) is 19.3 Å². The number of nitrogens with one attached hydrogen (secondary N) is 1. The van der Waals surface area contributed by atoms with E-state index in [9.17, 15) is 13.2 Å². The van der Waals surface area contributed by atoms with Crippen molar-refractivity contribution in [2.24, 2.45) is 5.92 Å². The van der Waals surface area contributed by atoms with Crippen LogP contribution in [0, 0.1) is 5.92 Å². The van der Waals surface area contributed by atoms with Crippen LogP contribution >= 0.6 is 0 Å². The number of nitrogen functional groups attached to an aromatic ring is 1. The number of carboxylic acids is 1. The van der Waals surface area contributed by atoms with Crippen molar-refractivity contribution in [1.82, 2.24) is 19.9 Å². The largest absolute Gasteiger partial charge is 0.490 e. The number of nitrogens with zero attached hydrogens (tertiary/aromatic N) is 3. The molecule has 1 fully saturated rings. The number of aryl methyl sites for hydroxylation is 1. The number of carboxylic acid groups (broad SMARTS) is 1. The lowest BCUT2D eigenvalue weighted by molar-refractivity contribution is -0.192. The van der Waals surface area contributed by atoms with E-state index in [1.54, 1.807) is 0 Å². The minimum atomic E-state index is -5.08. The number of para-hydroxylation sites is 1. The van der Waals surface area contributed by atoms with Crippen LogP contribution in [-0.2, 0) is 11.3 Å². The fraction of sp³-hybridized carbons (Fsp3) is 0.320. The Bertz CT molecular complexity index is 1320. The third-order valence-electron chi connectivity index (χ3n) is 6.10. The fourth-order valence-corrected chi connectivity index (χ4v) is 4.37. The van der Waals surface area contributed by atoms with E-state index in [0.29, 0.717) is 5.82 Å². The molecule has 5 rings (SSSR count). The Balaban J connectivity index is 0.000000364. The van der Waals surface area contributed by atoms with Crippen LogP contribution in [0.25, 0.3) is 33.3 Å². The molecular formula is C25H26F3N5O2. The summed E-state index contributed by atoms with van der Waals surface area (Å²) in [5.41, 5.74) is 10.3. The van der Waals surface area contributed by atoms with Crippen LogP contribution in [0.2, 0.25) is 0 Å². The van der Waals surface area contributed by atoms with Gasteiger partial charge in [-0.2, -0.15) is 13.2 Å². The van der Waals surface area contributed by atoms with Crippen LogP contribution in [0.15, 0.2) is 54.6 Å². The molecule has 0 atom stereocenters. The molecule has 1 saturated heterocycles. The lowest BCUT2D eigenvalue weighted by Crippen LogP contribution is -2.28. The average Bonchev–Trinajstić information content (AvgIpc) is 3.24. The molecule has 0 bridgehead atoms. The lowest BCUT2D eigenvalue weighted by Gasteiger charge is -2.23. The van der Waals surface area contributed by atoms with E-state index in [0.717, 1.165) is 65.3 Å². The molecular weight excluding hydrogens is 459 g/mol. The maximum Gasteiger partial charge on any atom is 0.490 e. The Labute approximate surface area is 199 Å². The summed E-state index contributed by atoms with van der Waals surface area (Å²) >= 11 is 0. The van der Waals surface area contributed by atoms with E-state index in [4.69, 9.17) is 20.6 Å². The van der Waals surface area contributed by atoms with Crippen molar-refractivity contribution in [2.45, 2.75) is 32.0 Å². The summed E-state index contributed by atoms with van der Waals surface area (Å²) in [6, 6.07) is 18.6. The quantitative estimate of drug-likeness (QED) is 0.381. The Morgan fingerprint density at radius 1 is 1.06 bits per heavy atom. The number of anilines is 1. The first-order chi connectivity index (χ1) is 16.8. The van der Waals surface area contributed by atoms with Crippen molar-refractivity contribution in [3.8, 4) is 11.4 Å². The fourth-order valence-electron chi connectivity index (χ4n) is 4.37. The maximum absolute atomic E-state index is 10.6. The molecule has 3 heterocycles. The second kappa shape index (κ2) is 10.3. The van der Waals surface area contributed by atoms with E-state index in [1.165, 1.54) is 12.8 Å². The Kier molecular flexibility index (Phi) is 7.20. The van der Waals surface area contributed by atoms with Gasteiger partial charge in [0.2, 0.25) is 0 Å². The second-order valence-electron chi connectivity index (χ2n) is 8.45. The number of alkyl halides is 3. The van der Waals surface area contributed by atoms with Gasteiger partial charge in [0, 0.05) is 17.5 Å². The molecule has 1 aliphatic heterocycles. The number of aliphatic carboxylic acids is 1. The van der Waals surface area contributed by atoms with E-state index in [2.05, 4.69) is 51.3 Å². The van der Waals surface area contributed by atoms with Gasteiger partial charge in [0.25, 0.3) is 0 Å². The highest BCUT2D eigenvalue weighted by molar-refractivity contribution is 6.07. The molecule has 35 heavy (non-hydrogen) atoms. The summed E-state index contributed by atoms with van der Waals surface area (Å²) in [5, 5.41) is 11.7. The van der Waals surface area contributed by atoms with Gasteiger partial charge in [-0.05, 0) is 44.3 Å². The molecule has 0 radical (unpaired) electrons. The number of hydrogen-bond acceptors (Lipinski definition) is 5. The molecule has 10 heteroatoms. The van der Waals surface area contributed by atoms with Crippen molar-refractivity contribution >= 4 is 33.7 Å². The highest BCUT2D eigenvalue weighted by atomic mass is 19.4. The molecule has 4 N–H and O–H groups in total. The van der Waals surface area contributed by atoms with Crippen molar-refractivity contribution in [3.63, 3.8) is 0 Å². The van der Waals surface area contributed by atoms with E-state index < -0.39 is 12.1 Å². The van der Waals surface area contributed by atoms with Gasteiger partial charge in [-0.1, -0.05) is 48.5 Å². The first kappa shape index (κ1) is 24.5. The van der Waals surface area contributed by atoms with E-state index in [-0.39, 0.29) is 0 Å². The van der Waals surface area contributed by atoms with Crippen molar-refractivity contribution < 1.29 is 23.1 Å². The van der Waals surface area contributed by atoms with Crippen molar-refractivity contribution in [2.75, 3.05) is 18.8 Å². The number of piperidine rings is 1. The number of pyridine rings is 1. The molecule has 1 aliphatic rings. The Hall–Kier alpha value is -3.66. The molecule has 4 aromatic rings. The number of hydrogen-bond donors (Lipinski definition) is 3. The molecule has 184 valence electrons.